The Morgan fingerprint density at radius 2 is 1.90 bits per heavy atom. The molecule has 5 atom stereocenters. The zero-order valence-electron chi connectivity index (χ0n) is 20.4. The average Bonchev–Trinajstić information content (AvgIpc) is 3.11. The van der Waals surface area contributed by atoms with E-state index in [-0.39, 0.29) is 0 Å². The largest absolute Gasteiger partial charge is 0.497 e. The van der Waals surface area contributed by atoms with Crippen molar-refractivity contribution in [2.24, 2.45) is 17.3 Å². The molecule has 2 fully saturated rings. The van der Waals surface area contributed by atoms with E-state index < -0.39 is 0 Å². The molecule has 3 aliphatic rings. The molecule has 174 valence electrons. The van der Waals surface area contributed by atoms with Gasteiger partial charge in [0, 0.05) is 6.04 Å². The number of rotatable bonds is 10. The van der Waals surface area contributed by atoms with Crippen molar-refractivity contribution in [1.29, 1.82) is 0 Å². The maximum atomic E-state index is 5.48. The van der Waals surface area contributed by atoms with Gasteiger partial charge in [-0.15, -0.1) is 0 Å². The van der Waals surface area contributed by atoms with E-state index in [0.29, 0.717) is 11.5 Å². The highest BCUT2D eigenvalue weighted by Crippen LogP contribution is 2.60. The lowest BCUT2D eigenvalue weighted by atomic mass is 9.55. The number of nitrogens with zero attached hydrogens (tertiary/aromatic N) is 1. The van der Waals surface area contributed by atoms with Gasteiger partial charge in [-0.25, -0.2) is 0 Å². The maximum Gasteiger partial charge on any atom is 0.119 e. The fourth-order valence-corrected chi connectivity index (χ4v) is 7.16. The number of ether oxygens (including phenoxy) is 1. The smallest absolute Gasteiger partial charge is 0.119 e. The summed E-state index contributed by atoms with van der Waals surface area (Å²) in [6.07, 6.45) is 10.6. The van der Waals surface area contributed by atoms with Crippen LogP contribution in [0, 0.1) is 17.3 Å². The molecule has 0 saturated heterocycles. The molecule has 3 aliphatic carbocycles. The SMILES string of the molecule is COc1ccc2c(c1)CCC1C2CC[C@]2(C)C(NCCCNCCCN(C)C)CCC12. The van der Waals surface area contributed by atoms with E-state index in [4.69, 9.17) is 4.74 Å². The Bertz CT molecular complexity index is 720. The van der Waals surface area contributed by atoms with Crippen LogP contribution >= 0.6 is 0 Å². The van der Waals surface area contributed by atoms with Crippen molar-refractivity contribution in [1.82, 2.24) is 15.5 Å². The van der Waals surface area contributed by atoms with Crippen LogP contribution in [0.1, 0.15) is 68.9 Å². The predicted molar refractivity (Wildman–Crippen MR) is 130 cm³/mol. The van der Waals surface area contributed by atoms with Gasteiger partial charge in [0.2, 0.25) is 0 Å². The summed E-state index contributed by atoms with van der Waals surface area (Å²) < 4.78 is 5.48. The Balaban J connectivity index is 1.27. The van der Waals surface area contributed by atoms with Crippen LogP contribution < -0.4 is 15.4 Å². The molecule has 1 aromatic carbocycles. The molecular weight excluding hydrogens is 382 g/mol. The third-order valence-electron chi connectivity index (χ3n) is 8.81. The van der Waals surface area contributed by atoms with Crippen molar-refractivity contribution in [3.63, 3.8) is 0 Å². The lowest BCUT2D eigenvalue weighted by Crippen LogP contribution is -2.49. The molecule has 0 heterocycles. The zero-order chi connectivity index (χ0) is 21.8. The van der Waals surface area contributed by atoms with Gasteiger partial charge in [0.15, 0.2) is 0 Å². The summed E-state index contributed by atoms with van der Waals surface area (Å²) in [5.74, 6) is 3.57. The van der Waals surface area contributed by atoms with E-state index in [0.717, 1.165) is 43.1 Å². The minimum absolute atomic E-state index is 0.490. The molecule has 2 N–H and O–H groups in total. The van der Waals surface area contributed by atoms with Crippen LogP contribution in [0.5, 0.6) is 5.75 Å². The van der Waals surface area contributed by atoms with Gasteiger partial charge < -0.3 is 20.3 Å². The summed E-state index contributed by atoms with van der Waals surface area (Å²) >= 11 is 0. The average molecular weight is 428 g/mol. The van der Waals surface area contributed by atoms with E-state index in [9.17, 15) is 0 Å². The first-order valence-electron chi connectivity index (χ1n) is 12.8. The fraction of sp³-hybridized carbons (Fsp3) is 0.778. The highest BCUT2D eigenvalue weighted by Gasteiger charge is 2.54. The summed E-state index contributed by atoms with van der Waals surface area (Å²) in [5.41, 5.74) is 3.68. The van der Waals surface area contributed by atoms with Crippen molar-refractivity contribution in [2.45, 2.75) is 70.3 Å². The van der Waals surface area contributed by atoms with E-state index in [1.807, 2.05) is 0 Å². The van der Waals surface area contributed by atoms with Crippen LogP contribution in [0.3, 0.4) is 0 Å². The molecule has 0 spiro atoms. The second kappa shape index (κ2) is 10.2. The third-order valence-corrected chi connectivity index (χ3v) is 8.81. The summed E-state index contributed by atoms with van der Waals surface area (Å²) in [4.78, 5) is 2.26. The maximum absolute atomic E-state index is 5.48. The second-order valence-corrected chi connectivity index (χ2v) is 10.9. The number of hydrogen-bond acceptors (Lipinski definition) is 4. The monoisotopic (exact) mass is 427 g/mol. The van der Waals surface area contributed by atoms with Gasteiger partial charge in [0.1, 0.15) is 5.75 Å². The van der Waals surface area contributed by atoms with Crippen molar-refractivity contribution in [3.05, 3.63) is 29.3 Å². The minimum Gasteiger partial charge on any atom is -0.497 e. The molecule has 4 nitrogen and oxygen atoms in total. The topological polar surface area (TPSA) is 36.5 Å². The number of fused-ring (bicyclic) bond motifs is 5. The van der Waals surface area contributed by atoms with E-state index in [2.05, 4.69) is 54.8 Å². The van der Waals surface area contributed by atoms with Gasteiger partial charge in [-0.05, 0) is 138 Å². The van der Waals surface area contributed by atoms with E-state index in [1.165, 1.54) is 57.9 Å². The molecule has 1 aromatic rings. The van der Waals surface area contributed by atoms with Gasteiger partial charge >= 0.3 is 0 Å². The second-order valence-electron chi connectivity index (χ2n) is 10.9. The fourth-order valence-electron chi connectivity index (χ4n) is 7.16. The lowest BCUT2D eigenvalue weighted by Gasteiger charge is -2.51. The van der Waals surface area contributed by atoms with Crippen molar-refractivity contribution < 1.29 is 4.74 Å². The first-order valence-corrected chi connectivity index (χ1v) is 12.8. The molecule has 0 radical (unpaired) electrons. The van der Waals surface area contributed by atoms with E-state index >= 15 is 0 Å². The third kappa shape index (κ3) is 4.96. The van der Waals surface area contributed by atoms with Crippen molar-refractivity contribution in [2.75, 3.05) is 47.4 Å². The molecule has 2 saturated carbocycles. The summed E-state index contributed by atoms with van der Waals surface area (Å²) in [7, 11) is 6.08. The first kappa shape index (κ1) is 23.1. The van der Waals surface area contributed by atoms with Crippen LogP contribution in [-0.4, -0.2) is 58.3 Å². The number of hydrogen-bond donors (Lipinski definition) is 2. The molecule has 4 heteroatoms. The molecule has 4 unspecified atom stereocenters. The number of nitrogens with one attached hydrogen (secondary N) is 2. The number of methoxy groups -OCH3 is 1. The highest BCUT2D eigenvalue weighted by atomic mass is 16.5. The zero-order valence-corrected chi connectivity index (χ0v) is 20.4. The van der Waals surface area contributed by atoms with Gasteiger partial charge in [-0.3, -0.25) is 0 Å². The normalized spacial score (nSPS) is 31.9. The Labute approximate surface area is 190 Å². The van der Waals surface area contributed by atoms with E-state index in [1.54, 1.807) is 18.2 Å². The molecular formula is C27H45N3O. The summed E-state index contributed by atoms with van der Waals surface area (Å²) in [5, 5.41) is 7.61. The molecule has 0 aromatic heterocycles. The standard InChI is InChI=1S/C27H45N3O/c1-27-14-13-23-22-10-8-21(31-4)19-20(22)7-9-24(23)25(27)11-12-26(27)29-17-5-15-28-16-6-18-30(2)3/h8,10,19,23-26,28-29H,5-7,9,11-18H2,1-4H3/t23?,24?,25?,26?,27-/m0/s1. The minimum atomic E-state index is 0.490. The van der Waals surface area contributed by atoms with Gasteiger partial charge in [-0.2, -0.15) is 0 Å². The van der Waals surface area contributed by atoms with Crippen LogP contribution in [0.4, 0.5) is 0 Å². The van der Waals surface area contributed by atoms with Crippen LogP contribution in [0.2, 0.25) is 0 Å². The van der Waals surface area contributed by atoms with Crippen LogP contribution in [0.15, 0.2) is 18.2 Å². The highest BCUT2D eigenvalue weighted by molar-refractivity contribution is 5.40. The Morgan fingerprint density at radius 3 is 2.71 bits per heavy atom. The van der Waals surface area contributed by atoms with Crippen LogP contribution in [0.25, 0.3) is 0 Å². The summed E-state index contributed by atoms with van der Waals surface area (Å²) in [6, 6.07) is 7.57. The summed E-state index contributed by atoms with van der Waals surface area (Å²) in [6.45, 7) is 7.22. The Hall–Kier alpha value is -1.10. The van der Waals surface area contributed by atoms with Crippen molar-refractivity contribution >= 4 is 0 Å². The number of benzene rings is 1. The van der Waals surface area contributed by atoms with Gasteiger partial charge in [0.05, 0.1) is 7.11 Å². The lowest BCUT2D eigenvalue weighted by molar-refractivity contribution is 0.0412. The van der Waals surface area contributed by atoms with Crippen molar-refractivity contribution in [3.8, 4) is 5.75 Å². The number of aryl methyl sites for hydroxylation is 1. The molecule has 0 amide bonds. The molecule has 31 heavy (non-hydrogen) atoms. The quantitative estimate of drug-likeness (QED) is 0.541. The predicted octanol–water partition coefficient (Wildman–Crippen LogP) is 4.44. The molecule has 4 rings (SSSR count). The Kier molecular flexibility index (Phi) is 7.61. The van der Waals surface area contributed by atoms with Gasteiger partial charge in [-0.1, -0.05) is 13.0 Å². The van der Waals surface area contributed by atoms with Crippen LogP contribution in [-0.2, 0) is 6.42 Å². The molecule has 0 bridgehead atoms. The van der Waals surface area contributed by atoms with Gasteiger partial charge in [0.25, 0.3) is 0 Å². The first-order chi connectivity index (χ1) is 15.0. The molecule has 0 aliphatic heterocycles. The Morgan fingerprint density at radius 1 is 1.06 bits per heavy atom.